The van der Waals surface area contributed by atoms with E-state index in [1.54, 1.807) is 6.20 Å². The van der Waals surface area contributed by atoms with Crippen LogP contribution >= 0.6 is 11.5 Å². The first-order valence-electron chi connectivity index (χ1n) is 9.02. The first-order valence-corrected chi connectivity index (χ1v) is 9.80. The second-order valence-corrected chi connectivity index (χ2v) is 7.42. The van der Waals surface area contributed by atoms with Gasteiger partial charge in [-0.1, -0.05) is 12.1 Å². The summed E-state index contributed by atoms with van der Waals surface area (Å²) in [4.78, 5) is 9.41. The van der Waals surface area contributed by atoms with E-state index in [1.165, 1.54) is 29.2 Å². The summed E-state index contributed by atoms with van der Waals surface area (Å²) in [6.07, 6.45) is 2.64. The molecular weight excluding hydrogens is 363 g/mol. The minimum Gasteiger partial charge on any atom is -0.344 e. The number of hydrogen-bond acceptors (Lipinski definition) is 7. The molecule has 27 heavy (non-hydrogen) atoms. The van der Waals surface area contributed by atoms with Crippen LogP contribution in [-0.2, 0) is 6.42 Å². The predicted octanol–water partition coefficient (Wildman–Crippen LogP) is 2.81. The fourth-order valence-electron chi connectivity index (χ4n) is 3.16. The summed E-state index contributed by atoms with van der Waals surface area (Å²) >= 11 is 1.43. The molecule has 1 aliphatic rings. The first kappa shape index (κ1) is 17.9. The van der Waals surface area contributed by atoms with Crippen LogP contribution < -0.4 is 4.90 Å². The molecule has 4 rings (SSSR count). The van der Waals surface area contributed by atoms with Crippen molar-refractivity contribution in [1.82, 2.24) is 24.5 Å². The Labute approximate surface area is 161 Å². The fraction of sp³-hybridized carbons (Fsp3) is 0.368. The number of nitrogens with zero attached hydrogens (tertiary/aromatic N) is 6. The zero-order valence-corrected chi connectivity index (χ0v) is 16.0. The van der Waals surface area contributed by atoms with E-state index < -0.39 is 0 Å². The van der Waals surface area contributed by atoms with Crippen molar-refractivity contribution in [1.29, 1.82) is 0 Å². The quantitative estimate of drug-likeness (QED) is 0.674. The Morgan fingerprint density at radius 2 is 1.89 bits per heavy atom. The van der Waals surface area contributed by atoms with E-state index in [1.807, 2.05) is 25.1 Å². The van der Waals surface area contributed by atoms with Crippen molar-refractivity contribution in [3.63, 3.8) is 0 Å². The maximum absolute atomic E-state index is 13.0. The van der Waals surface area contributed by atoms with E-state index >= 15 is 0 Å². The highest BCUT2D eigenvalue weighted by atomic mass is 32.1. The van der Waals surface area contributed by atoms with Crippen LogP contribution in [0.4, 0.5) is 9.52 Å². The highest BCUT2D eigenvalue weighted by Gasteiger charge is 2.20. The topological polar surface area (TPSA) is 58.0 Å². The van der Waals surface area contributed by atoms with Crippen molar-refractivity contribution in [3.05, 3.63) is 53.6 Å². The third-order valence-corrected chi connectivity index (χ3v) is 5.50. The van der Waals surface area contributed by atoms with Gasteiger partial charge in [-0.05, 0) is 37.1 Å². The SMILES string of the molecule is Cc1cc(-c2nsc(N3CCN(CCc4ccc(F)cc4)CC3)n2)cnn1. The molecule has 1 saturated heterocycles. The van der Waals surface area contributed by atoms with Gasteiger partial charge in [0.1, 0.15) is 5.82 Å². The van der Waals surface area contributed by atoms with Crippen molar-refractivity contribution >= 4 is 16.7 Å². The summed E-state index contributed by atoms with van der Waals surface area (Å²) in [6, 6.07) is 8.74. The Balaban J connectivity index is 1.31. The van der Waals surface area contributed by atoms with Gasteiger partial charge in [-0.15, -0.1) is 0 Å². The molecule has 0 bridgehead atoms. The van der Waals surface area contributed by atoms with Gasteiger partial charge in [-0.3, -0.25) is 4.90 Å². The van der Waals surface area contributed by atoms with Crippen LogP contribution in [0.15, 0.2) is 36.5 Å². The molecule has 0 atom stereocenters. The first-order chi connectivity index (χ1) is 13.2. The molecule has 0 radical (unpaired) electrons. The van der Waals surface area contributed by atoms with Gasteiger partial charge in [0, 0.05) is 49.8 Å². The lowest BCUT2D eigenvalue weighted by molar-refractivity contribution is 0.261. The molecular formula is C19H21FN6S. The average molecular weight is 384 g/mol. The Morgan fingerprint density at radius 3 is 2.63 bits per heavy atom. The van der Waals surface area contributed by atoms with Crippen LogP contribution in [0.5, 0.6) is 0 Å². The molecule has 0 spiro atoms. The molecule has 1 aliphatic heterocycles. The number of piperazine rings is 1. The van der Waals surface area contributed by atoms with Crippen molar-refractivity contribution in [2.24, 2.45) is 0 Å². The number of anilines is 1. The monoisotopic (exact) mass is 384 g/mol. The van der Waals surface area contributed by atoms with Gasteiger partial charge in [0.25, 0.3) is 0 Å². The molecule has 140 valence electrons. The van der Waals surface area contributed by atoms with E-state index in [4.69, 9.17) is 0 Å². The van der Waals surface area contributed by atoms with Crippen molar-refractivity contribution in [2.75, 3.05) is 37.6 Å². The third kappa shape index (κ3) is 4.45. The summed E-state index contributed by atoms with van der Waals surface area (Å²) in [7, 11) is 0. The lowest BCUT2D eigenvalue weighted by atomic mass is 10.1. The van der Waals surface area contributed by atoms with Crippen molar-refractivity contribution in [2.45, 2.75) is 13.3 Å². The largest absolute Gasteiger partial charge is 0.344 e. The van der Waals surface area contributed by atoms with Gasteiger partial charge in [0.05, 0.1) is 11.9 Å². The molecule has 6 nitrogen and oxygen atoms in total. The molecule has 8 heteroatoms. The second-order valence-electron chi connectivity index (χ2n) is 6.69. The number of benzene rings is 1. The minimum absolute atomic E-state index is 0.179. The van der Waals surface area contributed by atoms with Gasteiger partial charge < -0.3 is 4.90 Å². The predicted molar refractivity (Wildman–Crippen MR) is 104 cm³/mol. The molecule has 2 aromatic heterocycles. The molecule has 0 N–H and O–H groups in total. The van der Waals surface area contributed by atoms with Gasteiger partial charge >= 0.3 is 0 Å². The summed E-state index contributed by atoms with van der Waals surface area (Å²) < 4.78 is 17.5. The molecule has 0 saturated carbocycles. The highest BCUT2D eigenvalue weighted by Crippen LogP contribution is 2.24. The molecule has 0 unspecified atom stereocenters. The van der Waals surface area contributed by atoms with E-state index in [2.05, 4.69) is 29.4 Å². The normalized spacial score (nSPS) is 15.3. The number of hydrogen-bond donors (Lipinski definition) is 0. The van der Waals surface area contributed by atoms with Crippen LogP contribution in [0, 0.1) is 12.7 Å². The van der Waals surface area contributed by atoms with Crippen molar-refractivity contribution in [3.8, 4) is 11.4 Å². The molecule has 3 aromatic rings. The molecule has 1 fully saturated rings. The highest BCUT2D eigenvalue weighted by molar-refractivity contribution is 7.09. The smallest absolute Gasteiger partial charge is 0.205 e. The Hall–Kier alpha value is -2.45. The zero-order valence-electron chi connectivity index (χ0n) is 15.2. The van der Waals surface area contributed by atoms with Gasteiger partial charge in [0.15, 0.2) is 5.82 Å². The lowest BCUT2D eigenvalue weighted by Crippen LogP contribution is -2.47. The number of halogens is 1. The van der Waals surface area contributed by atoms with Crippen LogP contribution in [0.25, 0.3) is 11.4 Å². The molecule has 0 amide bonds. The van der Waals surface area contributed by atoms with Crippen LogP contribution in [0.3, 0.4) is 0 Å². The van der Waals surface area contributed by atoms with E-state index in [0.29, 0.717) is 5.82 Å². The molecule has 1 aromatic carbocycles. The van der Waals surface area contributed by atoms with E-state index in [9.17, 15) is 4.39 Å². The van der Waals surface area contributed by atoms with Crippen LogP contribution in [-0.4, -0.2) is 57.2 Å². The Morgan fingerprint density at radius 1 is 1.11 bits per heavy atom. The maximum Gasteiger partial charge on any atom is 0.205 e. The van der Waals surface area contributed by atoms with Gasteiger partial charge in [0.2, 0.25) is 5.13 Å². The zero-order chi connectivity index (χ0) is 18.6. The van der Waals surface area contributed by atoms with Crippen LogP contribution in [0.1, 0.15) is 11.3 Å². The van der Waals surface area contributed by atoms with Gasteiger partial charge in [-0.25, -0.2) is 4.39 Å². The van der Waals surface area contributed by atoms with E-state index in [0.717, 1.165) is 55.5 Å². The Bertz CT molecular complexity index is 889. The number of rotatable bonds is 5. The standard InChI is InChI=1S/C19H21FN6S/c1-14-12-16(13-21-23-14)18-22-19(27-24-18)26-10-8-25(9-11-26)7-6-15-2-4-17(20)5-3-15/h2-5,12-13H,6-11H2,1H3. The van der Waals surface area contributed by atoms with Crippen LogP contribution in [0.2, 0.25) is 0 Å². The fourth-order valence-corrected chi connectivity index (χ4v) is 3.90. The third-order valence-electron chi connectivity index (χ3n) is 4.72. The molecule has 3 heterocycles. The lowest BCUT2D eigenvalue weighted by Gasteiger charge is -2.34. The van der Waals surface area contributed by atoms with E-state index in [-0.39, 0.29) is 5.82 Å². The summed E-state index contributed by atoms with van der Waals surface area (Å²) in [5, 5.41) is 8.91. The maximum atomic E-state index is 13.0. The molecule has 0 aliphatic carbocycles. The Kier molecular flexibility index (Phi) is 5.35. The number of aromatic nitrogens is 4. The summed E-state index contributed by atoms with van der Waals surface area (Å²) in [5.74, 6) is 0.535. The summed E-state index contributed by atoms with van der Waals surface area (Å²) in [5.41, 5.74) is 2.94. The second kappa shape index (κ2) is 8.06. The number of aryl methyl sites for hydroxylation is 1. The summed E-state index contributed by atoms with van der Waals surface area (Å²) in [6.45, 7) is 6.76. The average Bonchev–Trinajstić information content (AvgIpc) is 3.18. The van der Waals surface area contributed by atoms with Gasteiger partial charge in [-0.2, -0.15) is 19.6 Å². The minimum atomic E-state index is -0.179. The van der Waals surface area contributed by atoms with Crippen molar-refractivity contribution < 1.29 is 4.39 Å².